The Labute approximate surface area is 94.0 Å². The summed E-state index contributed by atoms with van der Waals surface area (Å²) in [6.07, 6.45) is 0. The first-order chi connectivity index (χ1) is 7.76. The summed E-state index contributed by atoms with van der Waals surface area (Å²) in [4.78, 5) is 13.3. The highest BCUT2D eigenvalue weighted by Crippen LogP contribution is 2.28. The maximum absolute atomic E-state index is 11.4. The van der Waals surface area contributed by atoms with Crippen molar-refractivity contribution in [1.82, 2.24) is 0 Å². The molecule has 1 aromatic carbocycles. The van der Waals surface area contributed by atoms with Gasteiger partial charge in [-0.15, -0.1) is 0 Å². The maximum Gasteiger partial charge on any atom is 0.330 e. The van der Waals surface area contributed by atoms with E-state index in [1.54, 1.807) is 19.1 Å². The summed E-state index contributed by atoms with van der Waals surface area (Å²) in [5.41, 5.74) is 1.50. The monoisotopic (exact) mass is 216 g/mol. The number of esters is 1. The number of nitriles is 1. The summed E-state index contributed by atoms with van der Waals surface area (Å²) in [5.74, 6) is -0.190. The molecular weight excluding hydrogens is 204 g/mol. The molecule has 1 saturated heterocycles. The van der Waals surface area contributed by atoms with Crippen molar-refractivity contribution in [3.05, 3.63) is 29.8 Å². The van der Waals surface area contributed by atoms with Crippen molar-refractivity contribution in [2.75, 3.05) is 18.1 Å². The number of rotatable bonds is 3. The second-order valence-electron chi connectivity index (χ2n) is 3.58. The Morgan fingerprint density at radius 3 is 3.19 bits per heavy atom. The Bertz CT molecular complexity index is 451. The summed E-state index contributed by atoms with van der Waals surface area (Å²) < 4.78 is 4.93. The van der Waals surface area contributed by atoms with Gasteiger partial charge in [-0.25, -0.2) is 4.79 Å². The molecule has 4 heteroatoms. The molecule has 4 nitrogen and oxygen atoms in total. The summed E-state index contributed by atoms with van der Waals surface area (Å²) in [6, 6.07) is 9.13. The van der Waals surface area contributed by atoms with Crippen LogP contribution in [0, 0.1) is 11.3 Å². The van der Waals surface area contributed by atoms with Crippen molar-refractivity contribution in [3.63, 3.8) is 0 Å². The van der Waals surface area contributed by atoms with Gasteiger partial charge in [0, 0.05) is 5.69 Å². The Morgan fingerprint density at radius 1 is 1.69 bits per heavy atom. The molecule has 2 rings (SSSR count). The van der Waals surface area contributed by atoms with Crippen molar-refractivity contribution in [1.29, 1.82) is 5.26 Å². The van der Waals surface area contributed by atoms with Gasteiger partial charge in [-0.2, -0.15) is 5.26 Å². The van der Waals surface area contributed by atoms with Crippen LogP contribution >= 0.6 is 0 Å². The molecule has 1 aromatic rings. The number of benzene rings is 1. The highest BCUT2D eigenvalue weighted by Gasteiger charge is 2.41. The molecule has 0 radical (unpaired) electrons. The van der Waals surface area contributed by atoms with Crippen molar-refractivity contribution < 1.29 is 9.53 Å². The standard InChI is InChI=1S/C12H12N2O2/c1-2-16-12(15)11-8-14(11)10-5-3-4-9(6-10)7-13/h3-6,11H,2,8H2,1H3. The number of hydrogen-bond acceptors (Lipinski definition) is 4. The van der Waals surface area contributed by atoms with Gasteiger partial charge in [0.25, 0.3) is 0 Å². The fourth-order valence-corrected chi connectivity index (χ4v) is 1.62. The second-order valence-corrected chi connectivity index (χ2v) is 3.58. The quantitative estimate of drug-likeness (QED) is 0.564. The molecule has 0 aromatic heterocycles. The number of hydrogen-bond donors (Lipinski definition) is 0. The average molecular weight is 216 g/mol. The summed E-state index contributed by atoms with van der Waals surface area (Å²) >= 11 is 0. The van der Waals surface area contributed by atoms with Crippen LogP contribution in [0.4, 0.5) is 5.69 Å². The maximum atomic E-state index is 11.4. The minimum Gasteiger partial charge on any atom is -0.464 e. The molecule has 1 aliphatic rings. The number of carbonyl (C=O) groups is 1. The van der Waals surface area contributed by atoms with Crippen LogP contribution in [0.3, 0.4) is 0 Å². The highest BCUT2D eigenvalue weighted by molar-refractivity contribution is 5.86. The Kier molecular flexibility index (Phi) is 2.78. The van der Waals surface area contributed by atoms with Gasteiger partial charge in [0.1, 0.15) is 6.04 Å². The third kappa shape index (κ3) is 1.98. The van der Waals surface area contributed by atoms with Crippen molar-refractivity contribution in [3.8, 4) is 6.07 Å². The van der Waals surface area contributed by atoms with Crippen LogP contribution in [-0.4, -0.2) is 25.2 Å². The smallest absolute Gasteiger partial charge is 0.330 e. The molecule has 16 heavy (non-hydrogen) atoms. The molecule has 1 atom stereocenters. The van der Waals surface area contributed by atoms with E-state index in [4.69, 9.17) is 10.00 Å². The minimum absolute atomic E-state index is 0.172. The van der Waals surface area contributed by atoms with Crippen LogP contribution in [0.25, 0.3) is 0 Å². The predicted molar refractivity (Wildman–Crippen MR) is 58.9 cm³/mol. The van der Waals surface area contributed by atoms with E-state index in [-0.39, 0.29) is 12.0 Å². The molecule has 0 bridgehead atoms. The van der Waals surface area contributed by atoms with Gasteiger partial charge in [-0.3, -0.25) is 0 Å². The van der Waals surface area contributed by atoms with E-state index in [0.717, 1.165) is 5.69 Å². The van der Waals surface area contributed by atoms with Crippen LogP contribution < -0.4 is 4.90 Å². The molecule has 1 heterocycles. The zero-order chi connectivity index (χ0) is 11.5. The van der Waals surface area contributed by atoms with Gasteiger partial charge in [-0.05, 0) is 25.1 Å². The van der Waals surface area contributed by atoms with Gasteiger partial charge < -0.3 is 9.64 Å². The lowest BCUT2D eigenvalue weighted by Crippen LogP contribution is -2.15. The van der Waals surface area contributed by atoms with Crippen LogP contribution in [0.15, 0.2) is 24.3 Å². The topological polar surface area (TPSA) is 53.1 Å². The normalized spacial score (nSPS) is 17.8. The average Bonchev–Trinajstić information content (AvgIpc) is 3.09. The molecule has 0 saturated carbocycles. The lowest BCUT2D eigenvalue weighted by molar-refractivity contribution is -0.142. The number of carbonyl (C=O) groups excluding carboxylic acids is 1. The molecule has 0 amide bonds. The van der Waals surface area contributed by atoms with Gasteiger partial charge in [0.15, 0.2) is 0 Å². The summed E-state index contributed by atoms with van der Waals surface area (Å²) in [7, 11) is 0. The van der Waals surface area contributed by atoms with E-state index in [1.807, 2.05) is 17.0 Å². The Balaban J connectivity index is 2.06. The zero-order valence-corrected chi connectivity index (χ0v) is 9.01. The number of anilines is 1. The van der Waals surface area contributed by atoms with Crippen LogP contribution in [-0.2, 0) is 9.53 Å². The van der Waals surface area contributed by atoms with E-state index < -0.39 is 0 Å². The molecule has 0 aliphatic carbocycles. The SMILES string of the molecule is CCOC(=O)C1CN1c1cccc(C#N)c1. The molecule has 1 aliphatic heterocycles. The molecule has 0 spiro atoms. The molecular formula is C12H12N2O2. The third-order valence-electron chi connectivity index (χ3n) is 2.48. The molecule has 82 valence electrons. The van der Waals surface area contributed by atoms with Crippen LogP contribution in [0.1, 0.15) is 12.5 Å². The molecule has 1 fully saturated rings. The number of nitrogens with zero attached hydrogens (tertiary/aromatic N) is 2. The van der Waals surface area contributed by atoms with Gasteiger partial charge in [0.2, 0.25) is 0 Å². The van der Waals surface area contributed by atoms with Gasteiger partial charge in [0.05, 0.1) is 24.8 Å². The van der Waals surface area contributed by atoms with E-state index in [9.17, 15) is 4.79 Å². The van der Waals surface area contributed by atoms with Gasteiger partial charge >= 0.3 is 5.97 Å². The third-order valence-corrected chi connectivity index (χ3v) is 2.48. The largest absolute Gasteiger partial charge is 0.464 e. The summed E-state index contributed by atoms with van der Waals surface area (Å²) in [5, 5.41) is 8.76. The van der Waals surface area contributed by atoms with E-state index in [2.05, 4.69) is 6.07 Å². The first-order valence-electron chi connectivity index (χ1n) is 5.19. The van der Waals surface area contributed by atoms with Crippen LogP contribution in [0.5, 0.6) is 0 Å². The zero-order valence-electron chi connectivity index (χ0n) is 9.01. The van der Waals surface area contributed by atoms with Crippen LogP contribution in [0.2, 0.25) is 0 Å². The predicted octanol–water partition coefficient (Wildman–Crippen LogP) is 1.31. The molecule has 0 N–H and O–H groups in total. The number of ether oxygens (including phenoxy) is 1. The summed E-state index contributed by atoms with van der Waals surface area (Å²) in [6.45, 7) is 2.87. The lowest BCUT2D eigenvalue weighted by Gasteiger charge is -2.05. The van der Waals surface area contributed by atoms with Gasteiger partial charge in [-0.1, -0.05) is 6.07 Å². The molecule has 1 unspecified atom stereocenters. The lowest BCUT2D eigenvalue weighted by atomic mass is 10.2. The minimum atomic E-state index is -0.190. The first kappa shape index (κ1) is 10.5. The van der Waals surface area contributed by atoms with Crippen molar-refractivity contribution in [2.45, 2.75) is 13.0 Å². The first-order valence-corrected chi connectivity index (χ1v) is 5.19. The highest BCUT2D eigenvalue weighted by atomic mass is 16.5. The Hall–Kier alpha value is -2.02. The van der Waals surface area contributed by atoms with E-state index >= 15 is 0 Å². The van der Waals surface area contributed by atoms with E-state index in [0.29, 0.717) is 18.7 Å². The fourth-order valence-electron chi connectivity index (χ4n) is 1.62. The fraction of sp³-hybridized carbons (Fsp3) is 0.333. The second kappa shape index (κ2) is 4.23. The Morgan fingerprint density at radius 2 is 2.50 bits per heavy atom. The van der Waals surface area contributed by atoms with Crippen molar-refractivity contribution in [2.24, 2.45) is 0 Å². The van der Waals surface area contributed by atoms with E-state index in [1.165, 1.54) is 0 Å². The van der Waals surface area contributed by atoms with Crippen molar-refractivity contribution >= 4 is 11.7 Å².